The predicted octanol–water partition coefficient (Wildman–Crippen LogP) is 2.79. The number of thioether (sulfide) groups is 1. The van der Waals surface area contributed by atoms with Gasteiger partial charge in [-0.25, -0.2) is 9.50 Å². The first kappa shape index (κ1) is 13.8. The monoisotopic (exact) mass is 292 g/mol. The van der Waals surface area contributed by atoms with Crippen LogP contribution in [0.25, 0.3) is 5.78 Å². The zero-order valence-corrected chi connectivity index (χ0v) is 13.1. The molecule has 0 bridgehead atoms. The van der Waals surface area contributed by atoms with Crippen LogP contribution in [0.1, 0.15) is 38.1 Å². The van der Waals surface area contributed by atoms with Crippen molar-refractivity contribution in [3.8, 4) is 0 Å². The van der Waals surface area contributed by atoms with E-state index in [4.69, 9.17) is 4.74 Å². The van der Waals surface area contributed by atoms with Crippen molar-refractivity contribution >= 4 is 17.5 Å². The molecule has 1 aliphatic heterocycles. The van der Waals surface area contributed by atoms with Gasteiger partial charge in [0.05, 0.1) is 12.2 Å². The summed E-state index contributed by atoms with van der Waals surface area (Å²) in [6, 6.07) is 2.02. The maximum Gasteiger partial charge on any atom is 0.253 e. The molecule has 0 radical (unpaired) electrons. The second kappa shape index (κ2) is 5.33. The summed E-state index contributed by atoms with van der Waals surface area (Å²) in [4.78, 5) is 8.97. The lowest BCUT2D eigenvalue weighted by Gasteiger charge is -2.30. The van der Waals surface area contributed by atoms with Gasteiger partial charge in [-0.15, -0.1) is 5.10 Å². The lowest BCUT2D eigenvalue weighted by atomic mass is 10.1. The molecule has 0 saturated carbocycles. The number of aryl methyl sites for hydroxylation is 2. The summed E-state index contributed by atoms with van der Waals surface area (Å²) in [7, 11) is 0. The topological polar surface area (TPSA) is 52.3 Å². The maximum atomic E-state index is 5.78. The third kappa shape index (κ3) is 2.81. The van der Waals surface area contributed by atoms with Crippen molar-refractivity contribution in [2.75, 3.05) is 0 Å². The molecule has 1 fully saturated rings. The van der Waals surface area contributed by atoms with Crippen LogP contribution in [0, 0.1) is 13.8 Å². The minimum atomic E-state index is 0.315. The quantitative estimate of drug-likeness (QED) is 0.852. The summed E-state index contributed by atoms with van der Waals surface area (Å²) < 4.78 is 7.60. The standard InChI is InChI=1S/C14H20N4OS/c1-8-5-9(2)18-13(15-8)16-14(17-18)20-12-6-10(3)19-11(4)7-12/h5,10-12H,6-7H2,1-4H3/t10-,11-/m1/s1. The van der Waals surface area contributed by atoms with Crippen LogP contribution in [0.2, 0.25) is 0 Å². The molecule has 3 heterocycles. The summed E-state index contributed by atoms with van der Waals surface area (Å²) in [5, 5.41) is 5.90. The molecule has 20 heavy (non-hydrogen) atoms. The van der Waals surface area contributed by atoms with Gasteiger partial charge < -0.3 is 4.74 Å². The SMILES string of the molecule is Cc1cc(C)n2nc(SC3C[C@@H](C)O[C@H](C)C3)nc2n1. The van der Waals surface area contributed by atoms with Crippen LogP contribution in [-0.4, -0.2) is 37.0 Å². The lowest BCUT2D eigenvalue weighted by Crippen LogP contribution is -2.30. The smallest absolute Gasteiger partial charge is 0.253 e. The molecule has 108 valence electrons. The van der Waals surface area contributed by atoms with Crippen molar-refractivity contribution in [2.45, 2.75) is 63.2 Å². The normalized spacial score (nSPS) is 27.1. The Bertz CT molecular complexity index is 617. The molecular formula is C14H20N4OS. The zero-order valence-electron chi connectivity index (χ0n) is 12.3. The van der Waals surface area contributed by atoms with Gasteiger partial charge in [-0.2, -0.15) is 4.98 Å². The largest absolute Gasteiger partial charge is 0.375 e. The fourth-order valence-corrected chi connectivity index (χ4v) is 4.08. The molecule has 2 aromatic heterocycles. The van der Waals surface area contributed by atoms with E-state index in [2.05, 4.69) is 28.9 Å². The van der Waals surface area contributed by atoms with Gasteiger partial charge in [0.15, 0.2) is 0 Å². The number of nitrogens with zero attached hydrogens (tertiary/aromatic N) is 4. The van der Waals surface area contributed by atoms with Crippen LogP contribution in [0.3, 0.4) is 0 Å². The Hall–Kier alpha value is -1.14. The van der Waals surface area contributed by atoms with Crippen LogP contribution in [-0.2, 0) is 4.74 Å². The second-order valence-corrected chi connectivity index (χ2v) is 6.88. The van der Waals surface area contributed by atoms with Crippen LogP contribution in [0.4, 0.5) is 0 Å². The van der Waals surface area contributed by atoms with Gasteiger partial charge in [0.25, 0.3) is 5.78 Å². The highest BCUT2D eigenvalue weighted by Crippen LogP contribution is 2.32. The molecule has 3 rings (SSSR count). The van der Waals surface area contributed by atoms with Gasteiger partial charge in [-0.1, -0.05) is 11.8 Å². The van der Waals surface area contributed by atoms with Crippen LogP contribution in [0.5, 0.6) is 0 Å². The third-order valence-corrected chi connectivity index (χ3v) is 4.63. The minimum Gasteiger partial charge on any atom is -0.375 e. The fraction of sp³-hybridized carbons (Fsp3) is 0.643. The predicted molar refractivity (Wildman–Crippen MR) is 79.1 cm³/mol. The molecule has 0 N–H and O–H groups in total. The van der Waals surface area contributed by atoms with Gasteiger partial charge in [0, 0.05) is 16.6 Å². The molecule has 6 heteroatoms. The Balaban J connectivity index is 1.82. The number of hydrogen-bond donors (Lipinski definition) is 0. The van der Waals surface area contributed by atoms with Crippen molar-refractivity contribution in [1.82, 2.24) is 19.6 Å². The highest BCUT2D eigenvalue weighted by atomic mass is 32.2. The molecule has 2 aromatic rings. The van der Waals surface area contributed by atoms with E-state index in [9.17, 15) is 0 Å². The van der Waals surface area contributed by atoms with Gasteiger partial charge in [-0.3, -0.25) is 0 Å². The van der Waals surface area contributed by atoms with Crippen molar-refractivity contribution < 1.29 is 4.74 Å². The summed E-state index contributed by atoms with van der Waals surface area (Å²) in [5.74, 6) is 0.693. The summed E-state index contributed by atoms with van der Waals surface area (Å²) in [5.41, 5.74) is 2.05. The molecule has 1 aliphatic rings. The van der Waals surface area contributed by atoms with E-state index in [0.29, 0.717) is 23.2 Å². The van der Waals surface area contributed by atoms with Gasteiger partial charge in [0.2, 0.25) is 5.16 Å². The van der Waals surface area contributed by atoms with E-state index in [1.807, 2.05) is 24.4 Å². The molecule has 0 spiro atoms. The average Bonchev–Trinajstić information content (AvgIpc) is 2.70. The van der Waals surface area contributed by atoms with E-state index in [1.54, 1.807) is 11.8 Å². The van der Waals surface area contributed by atoms with Crippen LogP contribution in [0.15, 0.2) is 11.2 Å². The molecular weight excluding hydrogens is 272 g/mol. The number of hydrogen-bond acceptors (Lipinski definition) is 5. The summed E-state index contributed by atoms with van der Waals surface area (Å²) in [6.07, 6.45) is 2.73. The first-order chi connectivity index (χ1) is 9.51. The van der Waals surface area contributed by atoms with E-state index in [0.717, 1.165) is 29.4 Å². The van der Waals surface area contributed by atoms with Crippen LogP contribution < -0.4 is 0 Å². The molecule has 0 amide bonds. The summed E-state index contributed by atoms with van der Waals surface area (Å²) in [6.45, 7) is 8.28. The third-order valence-electron chi connectivity index (χ3n) is 3.53. The van der Waals surface area contributed by atoms with Gasteiger partial charge in [-0.05, 0) is 46.6 Å². The highest BCUT2D eigenvalue weighted by Gasteiger charge is 2.26. The van der Waals surface area contributed by atoms with Crippen LogP contribution >= 0.6 is 11.8 Å². The molecule has 0 aliphatic carbocycles. The number of aromatic nitrogens is 4. The summed E-state index contributed by atoms with van der Waals surface area (Å²) >= 11 is 1.75. The van der Waals surface area contributed by atoms with E-state index in [-0.39, 0.29) is 0 Å². The number of rotatable bonds is 2. The highest BCUT2D eigenvalue weighted by molar-refractivity contribution is 7.99. The first-order valence-electron chi connectivity index (χ1n) is 7.04. The Morgan fingerprint density at radius 3 is 2.60 bits per heavy atom. The fourth-order valence-electron chi connectivity index (χ4n) is 2.79. The van der Waals surface area contributed by atoms with Gasteiger partial charge >= 0.3 is 0 Å². The van der Waals surface area contributed by atoms with Crippen molar-refractivity contribution in [3.63, 3.8) is 0 Å². The Morgan fingerprint density at radius 1 is 1.20 bits per heavy atom. The minimum absolute atomic E-state index is 0.315. The van der Waals surface area contributed by atoms with E-state index >= 15 is 0 Å². The van der Waals surface area contributed by atoms with Crippen molar-refractivity contribution in [3.05, 3.63) is 17.5 Å². The first-order valence-corrected chi connectivity index (χ1v) is 7.92. The second-order valence-electron chi connectivity index (χ2n) is 5.61. The molecule has 0 unspecified atom stereocenters. The van der Waals surface area contributed by atoms with E-state index in [1.165, 1.54) is 0 Å². The lowest BCUT2D eigenvalue weighted by molar-refractivity contribution is -0.0265. The maximum absolute atomic E-state index is 5.78. The Kier molecular flexibility index (Phi) is 3.69. The van der Waals surface area contributed by atoms with Crippen molar-refractivity contribution in [2.24, 2.45) is 0 Å². The van der Waals surface area contributed by atoms with E-state index < -0.39 is 0 Å². The zero-order chi connectivity index (χ0) is 14.3. The molecule has 5 nitrogen and oxygen atoms in total. The molecule has 2 atom stereocenters. The molecule has 0 aromatic carbocycles. The van der Waals surface area contributed by atoms with Gasteiger partial charge in [0.1, 0.15) is 0 Å². The average molecular weight is 292 g/mol. The Morgan fingerprint density at radius 2 is 1.90 bits per heavy atom. The van der Waals surface area contributed by atoms with Crippen molar-refractivity contribution in [1.29, 1.82) is 0 Å². The molecule has 1 saturated heterocycles. The number of fused-ring (bicyclic) bond motifs is 1. The number of ether oxygens (including phenoxy) is 1. The Labute approximate surface area is 123 Å².